The predicted molar refractivity (Wildman–Crippen MR) is 82.6 cm³/mol. The summed E-state index contributed by atoms with van der Waals surface area (Å²) in [5, 5.41) is 4.09. The van der Waals surface area contributed by atoms with Crippen LogP contribution in [0.15, 0.2) is 29.3 Å². The molecule has 114 valence electrons. The number of nitrogens with one attached hydrogen (secondary N) is 1. The second-order valence-electron chi connectivity index (χ2n) is 5.46. The fraction of sp³-hybridized carbons (Fsp3) is 0.400. The van der Waals surface area contributed by atoms with Crippen molar-refractivity contribution in [1.82, 2.24) is 14.5 Å². The molecule has 1 aromatic carbocycles. The molecule has 1 aromatic heterocycles. The molecule has 2 aromatic rings. The van der Waals surface area contributed by atoms with E-state index in [1.54, 1.807) is 14.0 Å². The van der Waals surface area contributed by atoms with E-state index < -0.39 is 10.0 Å². The molecule has 0 fully saturated rings. The van der Waals surface area contributed by atoms with Crippen molar-refractivity contribution in [2.45, 2.75) is 38.6 Å². The first-order valence-corrected chi connectivity index (χ1v) is 8.29. The topological polar surface area (TPSA) is 64.0 Å². The highest BCUT2D eigenvalue weighted by Crippen LogP contribution is 2.22. The molecule has 0 aliphatic carbocycles. The zero-order chi connectivity index (χ0) is 15.8. The molecule has 6 heteroatoms. The average molecular weight is 307 g/mol. The van der Waals surface area contributed by atoms with E-state index in [1.807, 2.05) is 39.0 Å². The SMILES string of the molecule is Cc1ccc(C)c(C(C)NS(=O)(=O)c2cn(C)nc2C)c1. The smallest absolute Gasteiger partial charge is 0.244 e. The molecule has 5 nitrogen and oxygen atoms in total. The predicted octanol–water partition coefficient (Wildman–Crippen LogP) is 2.38. The van der Waals surface area contributed by atoms with Crippen LogP contribution in [0.5, 0.6) is 0 Å². The molecule has 0 amide bonds. The molecule has 0 radical (unpaired) electrons. The molecule has 1 N–H and O–H groups in total. The summed E-state index contributed by atoms with van der Waals surface area (Å²) in [6.45, 7) is 7.52. The number of aryl methyl sites for hydroxylation is 4. The van der Waals surface area contributed by atoms with Crippen molar-refractivity contribution < 1.29 is 8.42 Å². The number of aromatic nitrogens is 2. The second-order valence-corrected chi connectivity index (χ2v) is 7.14. The van der Waals surface area contributed by atoms with Crippen LogP contribution in [0.2, 0.25) is 0 Å². The van der Waals surface area contributed by atoms with Gasteiger partial charge in [-0.05, 0) is 38.8 Å². The summed E-state index contributed by atoms with van der Waals surface area (Å²) in [5.41, 5.74) is 3.66. The lowest BCUT2D eigenvalue weighted by atomic mass is 10.0. The van der Waals surface area contributed by atoms with Crippen LogP contribution in [0.1, 0.15) is 35.3 Å². The van der Waals surface area contributed by atoms with Crippen LogP contribution in [-0.2, 0) is 17.1 Å². The molecule has 0 aliphatic heterocycles. The molecule has 0 spiro atoms. The summed E-state index contributed by atoms with van der Waals surface area (Å²) >= 11 is 0. The third-order valence-electron chi connectivity index (χ3n) is 3.49. The van der Waals surface area contributed by atoms with Crippen molar-refractivity contribution in [3.63, 3.8) is 0 Å². The first-order valence-electron chi connectivity index (χ1n) is 6.80. The number of rotatable bonds is 4. The van der Waals surface area contributed by atoms with Gasteiger partial charge < -0.3 is 0 Å². The Morgan fingerprint density at radius 1 is 1.24 bits per heavy atom. The molecule has 2 rings (SSSR count). The lowest BCUT2D eigenvalue weighted by Gasteiger charge is -2.17. The summed E-state index contributed by atoms with van der Waals surface area (Å²) in [7, 11) is -1.87. The highest BCUT2D eigenvalue weighted by molar-refractivity contribution is 7.89. The molecule has 0 aliphatic rings. The van der Waals surface area contributed by atoms with Gasteiger partial charge in [-0.3, -0.25) is 4.68 Å². The van der Waals surface area contributed by atoms with Crippen LogP contribution in [0.3, 0.4) is 0 Å². The standard InChI is InChI=1S/C15H21N3O2S/c1-10-6-7-11(2)14(8-10)12(3)17-21(19,20)15-9-18(5)16-13(15)4/h6-9,12,17H,1-5H3. The Hall–Kier alpha value is -1.66. The fourth-order valence-corrected chi connectivity index (χ4v) is 3.87. The van der Waals surface area contributed by atoms with Gasteiger partial charge in [0.1, 0.15) is 4.90 Å². The Balaban J connectivity index is 2.32. The number of sulfonamides is 1. The van der Waals surface area contributed by atoms with Gasteiger partial charge in [0.05, 0.1) is 5.69 Å². The van der Waals surface area contributed by atoms with E-state index >= 15 is 0 Å². The van der Waals surface area contributed by atoms with Gasteiger partial charge in [0.15, 0.2) is 0 Å². The van der Waals surface area contributed by atoms with E-state index in [-0.39, 0.29) is 10.9 Å². The van der Waals surface area contributed by atoms with E-state index in [1.165, 1.54) is 10.9 Å². The maximum Gasteiger partial charge on any atom is 0.244 e. The number of hydrogen-bond donors (Lipinski definition) is 1. The van der Waals surface area contributed by atoms with Gasteiger partial charge in [0, 0.05) is 19.3 Å². The molecule has 0 saturated heterocycles. The number of hydrogen-bond acceptors (Lipinski definition) is 3. The average Bonchev–Trinajstić information content (AvgIpc) is 2.71. The Labute approximate surface area is 126 Å². The van der Waals surface area contributed by atoms with Gasteiger partial charge in [0.25, 0.3) is 0 Å². The molecule has 0 saturated carbocycles. The van der Waals surface area contributed by atoms with Crippen molar-refractivity contribution in [3.05, 3.63) is 46.8 Å². The summed E-state index contributed by atoms with van der Waals surface area (Å²) in [4.78, 5) is 0.224. The van der Waals surface area contributed by atoms with Crippen LogP contribution < -0.4 is 4.72 Å². The van der Waals surface area contributed by atoms with Crippen LogP contribution in [-0.4, -0.2) is 18.2 Å². The molecular weight excluding hydrogens is 286 g/mol. The molecule has 1 unspecified atom stereocenters. The minimum Gasteiger partial charge on any atom is -0.274 e. The number of benzene rings is 1. The van der Waals surface area contributed by atoms with E-state index in [0.717, 1.165) is 16.7 Å². The number of nitrogens with zero attached hydrogens (tertiary/aromatic N) is 2. The van der Waals surface area contributed by atoms with Crippen LogP contribution in [0.4, 0.5) is 0 Å². The third-order valence-corrected chi connectivity index (χ3v) is 5.13. The highest BCUT2D eigenvalue weighted by Gasteiger charge is 2.23. The Morgan fingerprint density at radius 3 is 2.48 bits per heavy atom. The monoisotopic (exact) mass is 307 g/mol. The van der Waals surface area contributed by atoms with Crippen molar-refractivity contribution in [3.8, 4) is 0 Å². The van der Waals surface area contributed by atoms with Crippen LogP contribution in [0.25, 0.3) is 0 Å². The normalized spacial score (nSPS) is 13.4. The Bertz CT molecular complexity index is 763. The van der Waals surface area contributed by atoms with E-state index in [4.69, 9.17) is 0 Å². The highest BCUT2D eigenvalue weighted by atomic mass is 32.2. The van der Waals surface area contributed by atoms with Crippen molar-refractivity contribution in [2.75, 3.05) is 0 Å². The lowest BCUT2D eigenvalue weighted by molar-refractivity contribution is 0.565. The maximum atomic E-state index is 12.5. The second kappa shape index (κ2) is 5.61. The van der Waals surface area contributed by atoms with Crippen LogP contribution >= 0.6 is 0 Å². The molecule has 1 heterocycles. The largest absolute Gasteiger partial charge is 0.274 e. The Morgan fingerprint density at radius 2 is 1.90 bits per heavy atom. The zero-order valence-electron chi connectivity index (χ0n) is 13.0. The molecule has 1 atom stereocenters. The summed E-state index contributed by atoms with van der Waals surface area (Å²) in [6, 6.07) is 5.74. The zero-order valence-corrected chi connectivity index (χ0v) is 13.8. The van der Waals surface area contributed by atoms with E-state index in [9.17, 15) is 8.42 Å². The minimum absolute atomic E-state index is 0.224. The third kappa shape index (κ3) is 3.33. The van der Waals surface area contributed by atoms with Gasteiger partial charge in [-0.15, -0.1) is 0 Å². The summed E-state index contributed by atoms with van der Waals surface area (Å²) in [6.07, 6.45) is 1.52. The van der Waals surface area contributed by atoms with Crippen LogP contribution in [0, 0.1) is 20.8 Å². The summed E-state index contributed by atoms with van der Waals surface area (Å²) < 4.78 is 29.2. The first kappa shape index (κ1) is 15.7. The van der Waals surface area contributed by atoms with Gasteiger partial charge in [-0.1, -0.05) is 23.8 Å². The molecule has 21 heavy (non-hydrogen) atoms. The lowest BCUT2D eigenvalue weighted by Crippen LogP contribution is -2.27. The van der Waals surface area contributed by atoms with E-state index in [0.29, 0.717) is 5.69 Å². The maximum absolute atomic E-state index is 12.5. The Kier molecular flexibility index (Phi) is 4.20. The fourth-order valence-electron chi connectivity index (χ4n) is 2.43. The quantitative estimate of drug-likeness (QED) is 0.943. The van der Waals surface area contributed by atoms with Crippen molar-refractivity contribution in [2.24, 2.45) is 7.05 Å². The van der Waals surface area contributed by atoms with Crippen molar-refractivity contribution in [1.29, 1.82) is 0 Å². The van der Waals surface area contributed by atoms with Gasteiger partial charge in [-0.2, -0.15) is 5.10 Å². The van der Waals surface area contributed by atoms with Gasteiger partial charge in [-0.25, -0.2) is 13.1 Å². The van der Waals surface area contributed by atoms with Gasteiger partial charge >= 0.3 is 0 Å². The molecule has 0 bridgehead atoms. The van der Waals surface area contributed by atoms with Gasteiger partial charge in [0.2, 0.25) is 10.0 Å². The van der Waals surface area contributed by atoms with Crippen molar-refractivity contribution >= 4 is 10.0 Å². The van der Waals surface area contributed by atoms with E-state index in [2.05, 4.69) is 9.82 Å². The summed E-state index contributed by atoms with van der Waals surface area (Å²) in [5.74, 6) is 0. The minimum atomic E-state index is -3.58. The first-order chi connectivity index (χ1) is 9.70. The molecular formula is C15H21N3O2S.